The predicted molar refractivity (Wildman–Crippen MR) is 379 cm³/mol. The molecule has 6 aliphatic rings. The molecule has 36 atom stereocenters. The summed E-state index contributed by atoms with van der Waals surface area (Å²) in [5, 5.41) is 150. The van der Waals surface area contributed by atoms with Gasteiger partial charge in [-0.1, -0.05) is 65.7 Å². The average Bonchev–Trinajstić information content (AvgIpc) is 0.778. The third kappa shape index (κ3) is 19.6. The van der Waals surface area contributed by atoms with Gasteiger partial charge in [0.2, 0.25) is 0 Å². The molecule has 0 amide bonds. The number of likely N-dealkylation sites (N-methyl/N-ethyl adjacent to an activating group) is 2. The van der Waals surface area contributed by atoms with Gasteiger partial charge in [0.1, 0.15) is 47.8 Å². The zero-order chi connectivity index (χ0) is 78.8. The Balaban J connectivity index is 1.32. The van der Waals surface area contributed by atoms with E-state index in [0.29, 0.717) is 12.8 Å². The molecule has 12 N–H and O–H groups in total. The summed E-state index contributed by atoms with van der Waals surface area (Å²) < 4.78 is 76.9. The molecule has 606 valence electrons. The first-order valence-electron chi connectivity index (χ1n) is 37.7. The van der Waals surface area contributed by atoms with E-state index in [9.17, 15) is 71.1 Å². The molecule has 6 fully saturated rings. The van der Waals surface area contributed by atoms with Crippen molar-refractivity contribution in [2.24, 2.45) is 57.7 Å². The number of rotatable bonds is 17. The summed E-state index contributed by atoms with van der Waals surface area (Å²) in [6.07, 6.45) is -23.5. The number of ether oxygens (including phenoxy) is 12. The third-order valence-electron chi connectivity index (χ3n) is 24.6. The van der Waals surface area contributed by atoms with E-state index in [2.05, 4.69) is 10.3 Å². The van der Waals surface area contributed by atoms with Crippen molar-refractivity contribution in [2.45, 2.75) is 358 Å². The number of oxime groups is 2. The summed E-state index contributed by atoms with van der Waals surface area (Å²) in [6.45, 7) is 33.1. The van der Waals surface area contributed by atoms with Crippen LogP contribution in [0.5, 0.6) is 0 Å². The highest BCUT2D eigenvalue weighted by Gasteiger charge is 2.57. The number of nitrogens with zero attached hydrogens (tertiary/aromatic N) is 4. The van der Waals surface area contributed by atoms with Crippen molar-refractivity contribution in [3.05, 3.63) is 0 Å². The molecular weight excluding hydrogens is 1360 g/mol. The van der Waals surface area contributed by atoms with E-state index in [4.69, 9.17) is 56.8 Å². The van der Waals surface area contributed by atoms with Gasteiger partial charge in [0.05, 0.1) is 107 Å². The lowest BCUT2D eigenvalue weighted by molar-refractivity contribution is -0.319. The van der Waals surface area contributed by atoms with Gasteiger partial charge in [0, 0.05) is 87.7 Å². The van der Waals surface area contributed by atoms with Crippen LogP contribution in [0.2, 0.25) is 0 Å². The molecule has 104 heavy (non-hydrogen) atoms. The maximum Gasteiger partial charge on any atom is 0.311 e. The minimum absolute atomic E-state index is 0.000418. The van der Waals surface area contributed by atoms with E-state index in [1.165, 1.54) is 41.9 Å². The minimum Gasteiger partial charge on any atom is -0.459 e. The number of esters is 2. The quantitative estimate of drug-likeness (QED) is 0.0559. The van der Waals surface area contributed by atoms with Crippen molar-refractivity contribution in [3.63, 3.8) is 0 Å². The van der Waals surface area contributed by atoms with E-state index in [-0.39, 0.29) is 63.0 Å². The van der Waals surface area contributed by atoms with Gasteiger partial charge in [-0.2, -0.15) is 0 Å². The highest BCUT2D eigenvalue weighted by molar-refractivity contribution is 5.89. The molecule has 0 saturated carbocycles. The number of aliphatic hydroxyl groups excluding tert-OH is 6. The lowest BCUT2D eigenvalue weighted by atomic mass is 9.73. The number of cyclic esters (lactones) is 2. The van der Waals surface area contributed by atoms with Gasteiger partial charge in [-0.3, -0.25) is 19.4 Å². The number of hydrogen-bond acceptors (Lipinski definition) is 30. The minimum atomic E-state index is -2.07. The van der Waals surface area contributed by atoms with E-state index >= 15 is 0 Å². The molecule has 0 aliphatic carbocycles. The Labute approximate surface area is 616 Å². The number of methoxy groups -OCH3 is 2. The lowest BCUT2D eigenvalue weighted by Crippen LogP contribution is -2.62. The molecule has 16 unspecified atom stereocenters. The maximum atomic E-state index is 14.7. The molecule has 0 spiro atoms. The van der Waals surface area contributed by atoms with Crippen molar-refractivity contribution in [2.75, 3.05) is 41.4 Å². The van der Waals surface area contributed by atoms with Crippen LogP contribution in [0, 0.1) is 47.3 Å². The van der Waals surface area contributed by atoms with Crippen LogP contribution < -0.4 is 0 Å². The van der Waals surface area contributed by atoms with Crippen molar-refractivity contribution >= 4 is 23.4 Å². The molecule has 30 nitrogen and oxygen atoms in total. The number of carbonyl (C=O) groups is 2. The topological polar surface area (TPSA) is 419 Å². The van der Waals surface area contributed by atoms with Gasteiger partial charge in [0.15, 0.2) is 25.2 Å². The molecule has 0 aromatic heterocycles. The Morgan fingerprint density at radius 1 is 0.471 bits per heavy atom. The van der Waals surface area contributed by atoms with Crippen molar-refractivity contribution in [3.8, 4) is 0 Å². The molecule has 0 aromatic carbocycles. The van der Waals surface area contributed by atoms with Crippen LogP contribution in [0.4, 0.5) is 0 Å². The highest BCUT2D eigenvalue weighted by atomic mass is 16.7. The largest absolute Gasteiger partial charge is 0.459 e. The standard InChI is InChI=1S/C74H134N4O26/c1-25-49-73(19,89)59(81)39(7)53(75-91)35(3)31-69(15,87)63(41(9)57(43(11)65(85)99-49)101-51-33-71(17,93-23)61(83)45(13)97-51)103-67-55(79)47(29-37(5)95-67)77(21)27-28-78(22)48-30-38(6)96-68(56(48)80)104-64-42(10)58(102-52-34-72(18,94-24)62(84)46(14)98-52)44(12)66(86)100-50(26-2)74(20,90)60(82)40(8)54(76-92)36(4)32-70(64,16)88/h35-52,55-64,67-68,79-84,87-92H,25-34H2,1-24H3/b75-53+,76-54+/t35-,36-,37?,38?,39+,40+,41+,42+,43-,44-,45?,46?,47?,48?,49-,50-,51?,52?,55?,56?,57+,58+,59-,60-,61?,62?,63-,64-,67?,68?,69+,70+,71?,72?,73-,74-/m1/s1. The fourth-order valence-electron chi connectivity index (χ4n) is 17.7. The Morgan fingerprint density at radius 2 is 0.788 bits per heavy atom. The third-order valence-corrected chi connectivity index (χ3v) is 24.6. The van der Waals surface area contributed by atoms with Crippen LogP contribution in [-0.2, 0) is 66.4 Å². The second-order valence-corrected chi connectivity index (χ2v) is 33.2. The monoisotopic (exact) mass is 1490 g/mol. The zero-order valence-corrected chi connectivity index (χ0v) is 66.3. The van der Waals surface area contributed by atoms with E-state index < -0.39 is 228 Å². The first-order valence-corrected chi connectivity index (χ1v) is 37.7. The van der Waals surface area contributed by atoms with Gasteiger partial charge < -0.3 is 118 Å². The Bertz CT molecular complexity index is 2620. The number of hydrogen-bond donors (Lipinski definition) is 12. The summed E-state index contributed by atoms with van der Waals surface area (Å²) in [4.78, 5) is 33.3. The second kappa shape index (κ2) is 36.0. The summed E-state index contributed by atoms with van der Waals surface area (Å²) in [5.41, 5.74) is -10.3. The van der Waals surface area contributed by atoms with Crippen molar-refractivity contribution < 1.29 is 128 Å². The molecule has 6 rings (SSSR count). The van der Waals surface area contributed by atoms with Gasteiger partial charge in [-0.15, -0.1) is 0 Å². The number of aliphatic hydroxyl groups is 10. The van der Waals surface area contributed by atoms with Crippen LogP contribution in [0.25, 0.3) is 0 Å². The van der Waals surface area contributed by atoms with Crippen LogP contribution in [0.3, 0.4) is 0 Å². The zero-order valence-electron chi connectivity index (χ0n) is 66.3. The SMILES string of the molecule is CC[C@H]1OC(=O)[C@H](C)[C@@H](OC2CC(C)(OC)C(O)C(C)O2)[C@H](C)[C@@H](OC2OC(C)CC(N(C)CCN(C)C3CC(C)OC(O[C@@H]4[C@@H](C)[C@H](OC5CC(C)(OC)C(O)C(C)O5)[C@@H](C)C(=O)O[C@H](CC)[C@@](C)(O)[C@H](O)[C@@H](C)/C(=N/O)[C@H](C)C[C@]4(C)O)C3O)C2O)[C@@](C)(O)C[C@@H](C)/C(=N\O)[C@H](C)[C@@H](O)[C@]1(C)O. The molecular formula is C74H134N4O26. The van der Waals surface area contributed by atoms with Gasteiger partial charge >= 0.3 is 11.9 Å². The molecule has 0 aromatic rings. The molecule has 6 aliphatic heterocycles. The summed E-state index contributed by atoms with van der Waals surface area (Å²) >= 11 is 0. The van der Waals surface area contributed by atoms with Gasteiger partial charge in [-0.05, 0) is 136 Å². The van der Waals surface area contributed by atoms with Crippen LogP contribution in [-0.4, -0.2) is 305 Å². The Hall–Kier alpha value is -3.00. The smallest absolute Gasteiger partial charge is 0.311 e. The Morgan fingerprint density at radius 3 is 1.08 bits per heavy atom. The fraction of sp³-hybridized carbons (Fsp3) is 0.946. The predicted octanol–water partition coefficient (Wildman–Crippen LogP) is 3.85. The van der Waals surface area contributed by atoms with Gasteiger partial charge in [0.25, 0.3) is 0 Å². The van der Waals surface area contributed by atoms with E-state index in [1.54, 1.807) is 96.9 Å². The number of carbonyl (C=O) groups excluding carboxylic acids is 2. The average molecular weight is 1500 g/mol. The van der Waals surface area contributed by atoms with Crippen LogP contribution in [0.15, 0.2) is 10.3 Å². The summed E-state index contributed by atoms with van der Waals surface area (Å²) in [7, 11) is 6.57. The summed E-state index contributed by atoms with van der Waals surface area (Å²) in [6, 6.07) is -1.32. The molecule has 6 saturated heterocycles. The molecule has 6 heterocycles. The van der Waals surface area contributed by atoms with Crippen molar-refractivity contribution in [1.82, 2.24) is 9.80 Å². The summed E-state index contributed by atoms with van der Waals surface area (Å²) in [5.74, 6) is -9.78. The van der Waals surface area contributed by atoms with Crippen molar-refractivity contribution in [1.29, 1.82) is 0 Å². The normalized spacial score (nSPS) is 50.0. The van der Waals surface area contributed by atoms with Crippen LogP contribution in [0.1, 0.15) is 190 Å². The van der Waals surface area contributed by atoms with Crippen LogP contribution >= 0.6 is 0 Å². The lowest BCUT2D eigenvalue weighted by Gasteiger charge is -2.49. The molecule has 30 heteroatoms. The first-order chi connectivity index (χ1) is 48.1. The maximum absolute atomic E-state index is 14.7. The fourth-order valence-corrected chi connectivity index (χ4v) is 17.7. The first kappa shape index (κ1) is 89.9. The molecule has 0 bridgehead atoms. The van der Waals surface area contributed by atoms with Gasteiger partial charge in [-0.25, -0.2) is 0 Å². The van der Waals surface area contributed by atoms with E-state index in [0.717, 1.165) is 0 Å². The van der Waals surface area contributed by atoms with E-state index in [1.807, 2.05) is 37.7 Å². The molecule has 0 radical (unpaired) electrons. The highest BCUT2D eigenvalue weighted by Crippen LogP contribution is 2.45. The second-order valence-electron chi connectivity index (χ2n) is 33.2. The Kier molecular flexibility index (Phi) is 31.1.